The fraction of sp³-hybridized carbons (Fsp3) is 0.273. The molecule has 0 amide bonds. The molecule has 0 aliphatic carbocycles. The highest BCUT2D eigenvalue weighted by Gasteiger charge is 2.15. The van der Waals surface area contributed by atoms with Gasteiger partial charge in [-0.2, -0.15) is 0 Å². The van der Waals surface area contributed by atoms with Crippen molar-refractivity contribution < 1.29 is 5.21 Å². The third kappa shape index (κ3) is 2.99. The number of amidine groups is 1. The van der Waals surface area contributed by atoms with Crippen LogP contribution in [0.3, 0.4) is 0 Å². The summed E-state index contributed by atoms with van der Waals surface area (Å²) in [7, 11) is 3.81. The van der Waals surface area contributed by atoms with Crippen LogP contribution in [0.2, 0.25) is 0 Å². The molecule has 0 saturated carbocycles. The van der Waals surface area contributed by atoms with Gasteiger partial charge in [-0.05, 0) is 30.3 Å². The Bertz CT molecular complexity index is 640. The lowest BCUT2D eigenvalue weighted by Crippen LogP contribution is -2.16. The van der Waals surface area contributed by atoms with Gasteiger partial charge in [-0.1, -0.05) is 16.5 Å². The van der Waals surface area contributed by atoms with Crippen LogP contribution in [0.1, 0.15) is 11.1 Å². The molecule has 3 N–H and O–H groups in total. The van der Waals surface area contributed by atoms with Crippen LogP contribution in [-0.2, 0) is 0 Å². The van der Waals surface area contributed by atoms with E-state index in [9.17, 15) is 0 Å². The average Bonchev–Trinajstić information content (AvgIpc) is 2.87. The monoisotopic (exact) mass is 310 g/mol. The number of pyridine rings is 1. The van der Waals surface area contributed by atoms with Crippen molar-refractivity contribution in [1.82, 2.24) is 15.2 Å². The predicted octanol–water partition coefficient (Wildman–Crippen LogP) is 1.55. The van der Waals surface area contributed by atoms with E-state index in [1.807, 2.05) is 32.0 Å². The van der Waals surface area contributed by atoms with E-state index in [1.165, 1.54) is 23.1 Å². The fourth-order valence-corrected chi connectivity index (χ4v) is 3.34. The first-order valence-electron chi connectivity index (χ1n) is 5.65. The second-order valence-electron chi connectivity index (χ2n) is 4.14. The van der Waals surface area contributed by atoms with Crippen LogP contribution in [0, 0.1) is 6.92 Å². The zero-order chi connectivity index (χ0) is 14.7. The maximum absolute atomic E-state index is 8.87. The van der Waals surface area contributed by atoms with Gasteiger partial charge in [0.15, 0.2) is 10.2 Å². The number of rotatable bonds is 4. The van der Waals surface area contributed by atoms with Gasteiger partial charge in [0, 0.05) is 20.3 Å². The van der Waals surface area contributed by atoms with Gasteiger partial charge >= 0.3 is 0 Å². The molecule has 0 atom stereocenters. The van der Waals surface area contributed by atoms with Gasteiger partial charge in [0.1, 0.15) is 5.03 Å². The zero-order valence-electron chi connectivity index (χ0n) is 11.2. The standard InChI is InChI=1S/C11H14N6OS2/c1-6-4-5-13-9(7(6)8(12)16-18)19-11-15-14-10(20-11)17(2)3/h4-5,18H,1-3H3,(H2,12,16). The molecule has 0 aliphatic rings. The lowest BCUT2D eigenvalue weighted by molar-refractivity contribution is 0.318. The molecule has 2 aromatic heterocycles. The normalized spacial score (nSPS) is 11.7. The van der Waals surface area contributed by atoms with E-state index in [4.69, 9.17) is 10.9 Å². The van der Waals surface area contributed by atoms with Crippen LogP contribution in [0.5, 0.6) is 0 Å². The van der Waals surface area contributed by atoms with Crippen molar-refractivity contribution in [2.75, 3.05) is 19.0 Å². The third-order valence-electron chi connectivity index (χ3n) is 2.45. The van der Waals surface area contributed by atoms with Crippen LogP contribution in [0.15, 0.2) is 26.8 Å². The minimum Gasteiger partial charge on any atom is -0.409 e. The fourth-order valence-electron chi connectivity index (χ4n) is 1.48. The highest BCUT2D eigenvalue weighted by molar-refractivity contribution is 8.01. The number of nitrogens with two attached hydrogens (primary N) is 1. The number of aryl methyl sites for hydroxylation is 1. The summed E-state index contributed by atoms with van der Waals surface area (Å²) in [6, 6.07) is 1.81. The van der Waals surface area contributed by atoms with E-state index in [0.717, 1.165) is 15.0 Å². The van der Waals surface area contributed by atoms with E-state index in [1.54, 1.807) is 6.20 Å². The summed E-state index contributed by atoms with van der Waals surface area (Å²) in [4.78, 5) is 6.16. The molecule has 0 saturated heterocycles. The van der Waals surface area contributed by atoms with Crippen LogP contribution in [0.25, 0.3) is 0 Å². The number of hydrogen-bond acceptors (Lipinski definition) is 8. The number of aromatic nitrogens is 3. The summed E-state index contributed by atoms with van der Waals surface area (Å²) in [5, 5.41) is 21.5. The second-order valence-corrected chi connectivity index (χ2v) is 6.33. The number of hydrogen-bond donors (Lipinski definition) is 2. The molecule has 0 bridgehead atoms. The van der Waals surface area contributed by atoms with Gasteiger partial charge in [-0.3, -0.25) is 0 Å². The highest BCUT2D eigenvalue weighted by Crippen LogP contribution is 2.34. The van der Waals surface area contributed by atoms with Gasteiger partial charge in [0.25, 0.3) is 0 Å². The molecular weight excluding hydrogens is 296 g/mol. The van der Waals surface area contributed by atoms with E-state index in [-0.39, 0.29) is 5.84 Å². The molecule has 20 heavy (non-hydrogen) atoms. The van der Waals surface area contributed by atoms with E-state index >= 15 is 0 Å². The quantitative estimate of drug-likeness (QED) is 0.382. The molecule has 7 nitrogen and oxygen atoms in total. The van der Waals surface area contributed by atoms with Gasteiger partial charge in [0.2, 0.25) is 5.13 Å². The van der Waals surface area contributed by atoms with Gasteiger partial charge in [0.05, 0.1) is 5.56 Å². The number of nitrogens with zero attached hydrogens (tertiary/aromatic N) is 5. The summed E-state index contributed by atoms with van der Waals surface area (Å²) >= 11 is 2.80. The molecule has 0 fully saturated rings. The molecule has 0 aromatic carbocycles. The second kappa shape index (κ2) is 6.06. The Kier molecular flexibility index (Phi) is 4.40. The summed E-state index contributed by atoms with van der Waals surface area (Å²) < 4.78 is 0.749. The molecule has 106 valence electrons. The molecule has 2 rings (SSSR count). The molecule has 9 heteroatoms. The highest BCUT2D eigenvalue weighted by atomic mass is 32.2. The first kappa shape index (κ1) is 14.5. The van der Waals surface area contributed by atoms with Gasteiger partial charge in [-0.15, -0.1) is 10.2 Å². The van der Waals surface area contributed by atoms with Crippen LogP contribution >= 0.6 is 23.1 Å². The minimum atomic E-state index is 0.0375. The van der Waals surface area contributed by atoms with Crippen molar-refractivity contribution in [1.29, 1.82) is 0 Å². The first-order chi connectivity index (χ1) is 9.52. The van der Waals surface area contributed by atoms with Crippen molar-refractivity contribution in [2.24, 2.45) is 10.9 Å². The Morgan fingerprint density at radius 1 is 1.45 bits per heavy atom. The van der Waals surface area contributed by atoms with Crippen molar-refractivity contribution in [3.8, 4) is 0 Å². The SMILES string of the molecule is Cc1ccnc(Sc2nnc(N(C)C)s2)c1/C(N)=N/O. The molecular formula is C11H14N6OS2. The number of oxime groups is 1. The predicted molar refractivity (Wildman–Crippen MR) is 79.8 cm³/mol. The Morgan fingerprint density at radius 2 is 2.20 bits per heavy atom. The van der Waals surface area contributed by atoms with Crippen LogP contribution in [-0.4, -0.2) is 40.3 Å². The lowest BCUT2D eigenvalue weighted by Gasteiger charge is -2.08. The molecule has 0 unspecified atom stereocenters. The smallest absolute Gasteiger partial charge is 0.208 e. The Labute approximate surface area is 124 Å². The maximum atomic E-state index is 8.87. The summed E-state index contributed by atoms with van der Waals surface area (Å²) in [5.74, 6) is 0.0375. The van der Waals surface area contributed by atoms with Crippen molar-refractivity contribution >= 4 is 34.1 Å². The van der Waals surface area contributed by atoms with E-state index in [2.05, 4.69) is 20.3 Å². The Hall–Kier alpha value is -1.87. The van der Waals surface area contributed by atoms with E-state index in [0.29, 0.717) is 10.6 Å². The van der Waals surface area contributed by atoms with Crippen molar-refractivity contribution in [2.45, 2.75) is 16.3 Å². The summed E-state index contributed by atoms with van der Waals surface area (Å²) in [6.45, 7) is 1.88. The first-order valence-corrected chi connectivity index (χ1v) is 7.28. The third-order valence-corrected chi connectivity index (χ3v) is 4.60. The molecule has 0 spiro atoms. The van der Waals surface area contributed by atoms with Crippen LogP contribution < -0.4 is 10.6 Å². The largest absolute Gasteiger partial charge is 0.409 e. The van der Waals surface area contributed by atoms with Gasteiger partial charge < -0.3 is 15.8 Å². The van der Waals surface area contributed by atoms with Crippen molar-refractivity contribution in [3.05, 3.63) is 23.4 Å². The molecule has 0 aliphatic heterocycles. The molecule has 0 radical (unpaired) electrons. The topological polar surface area (TPSA) is 101 Å². The Balaban J connectivity index is 2.35. The summed E-state index contributed by atoms with van der Waals surface area (Å²) in [5.41, 5.74) is 7.21. The van der Waals surface area contributed by atoms with E-state index < -0.39 is 0 Å². The maximum Gasteiger partial charge on any atom is 0.208 e. The minimum absolute atomic E-state index is 0.0375. The summed E-state index contributed by atoms with van der Waals surface area (Å²) in [6.07, 6.45) is 1.68. The Morgan fingerprint density at radius 3 is 2.80 bits per heavy atom. The lowest BCUT2D eigenvalue weighted by atomic mass is 10.1. The average molecular weight is 310 g/mol. The number of anilines is 1. The van der Waals surface area contributed by atoms with Gasteiger partial charge in [-0.25, -0.2) is 4.98 Å². The molecule has 2 aromatic rings. The zero-order valence-corrected chi connectivity index (χ0v) is 12.9. The van der Waals surface area contributed by atoms with Crippen LogP contribution in [0.4, 0.5) is 5.13 Å². The molecule has 2 heterocycles. The van der Waals surface area contributed by atoms with Crippen molar-refractivity contribution in [3.63, 3.8) is 0 Å².